The zero-order valence-electron chi connectivity index (χ0n) is 15.7. The lowest BCUT2D eigenvalue weighted by Crippen LogP contribution is -2.09. The standard InChI is InChI=1S/C21H18ClF2N3O2/c1-13-17(7-9-20(28)25-19-8-6-15(23)11-18(19)24)21(22)27(26-13)12-14-4-3-5-16(10-14)29-2/h3-11H,12H2,1-2H3,(H,25,28)/b9-7+. The molecule has 0 spiro atoms. The maximum absolute atomic E-state index is 13.6. The summed E-state index contributed by atoms with van der Waals surface area (Å²) in [4.78, 5) is 12.1. The van der Waals surface area contributed by atoms with Crippen LogP contribution in [0.15, 0.2) is 48.5 Å². The number of hydrogen-bond donors (Lipinski definition) is 1. The van der Waals surface area contributed by atoms with Crippen molar-refractivity contribution in [1.82, 2.24) is 9.78 Å². The molecule has 1 aromatic heterocycles. The molecule has 1 heterocycles. The molecular formula is C21H18ClF2N3O2. The largest absolute Gasteiger partial charge is 0.497 e. The topological polar surface area (TPSA) is 56.2 Å². The van der Waals surface area contributed by atoms with Gasteiger partial charge in [-0.1, -0.05) is 23.7 Å². The van der Waals surface area contributed by atoms with Gasteiger partial charge >= 0.3 is 0 Å². The molecule has 0 aliphatic carbocycles. The van der Waals surface area contributed by atoms with Crippen molar-refractivity contribution in [2.45, 2.75) is 13.5 Å². The number of halogens is 3. The molecular weight excluding hydrogens is 400 g/mol. The first-order valence-corrected chi connectivity index (χ1v) is 9.05. The van der Waals surface area contributed by atoms with Crippen molar-refractivity contribution in [2.75, 3.05) is 12.4 Å². The van der Waals surface area contributed by atoms with E-state index in [4.69, 9.17) is 16.3 Å². The van der Waals surface area contributed by atoms with Crippen LogP contribution in [-0.4, -0.2) is 22.8 Å². The smallest absolute Gasteiger partial charge is 0.248 e. The summed E-state index contributed by atoms with van der Waals surface area (Å²) in [7, 11) is 1.59. The molecule has 3 aromatic rings. The molecule has 0 unspecified atom stereocenters. The molecule has 0 atom stereocenters. The number of benzene rings is 2. The Labute approximate surface area is 171 Å². The van der Waals surface area contributed by atoms with E-state index in [9.17, 15) is 13.6 Å². The normalized spacial score (nSPS) is 11.1. The summed E-state index contributed by atoms with van der Waals surface area (Å²) in [6, 6.07) is 10.4. The fourth-order valence-electron chi connectivity index (χ4n) is 2.73. The van der Waals surface area contributed by atoms with E-state index in [0.717, 1.165) is 23.4 Å². The van der Waals surface area contributed by atoms with Gasteiger partial charge in [0.05, 0.1) is 25.0 Å². The first-order valence-electron chi connectivity index (χ1n) is 8.67. The zero-order valence-corrected chi connectivity index (χ0v) is 16.5. The molecule has 0 saturated heterocycles. The summed E-state index contributed by atoms with van der Waals surface area (Å²) >= 11 is 6.42. The minimum atomic E-state index is -0.855. The molecule has 2 aromatic carbocycles. The predicted octanol–water partition coefficient (Wildman–Crippen LogP) is 4.83. The third-order valence-electron chi connectivity index (χ3n) is 4.17. The number of ether oxygens (including phenoxy) is 1. The minimum Gasteiger partial charge on any atom is -0.497 e. The fraction of sp³-hybridized carbons (Fsp3) is 0.143. The quantitative estimate of drug-likeness (QED) is 0.584. The van der Waals surface area contributed by atoms with E-state index in [0.29, 0.717) is 29.0 Å². The van der Waals surface area contributed by atoms with Gasteiger partial charge in [-0.05, 0) is 42.8 Å². The number of hydrogen-bond acceptors (Lipinski definition) is 3. The van der Waals surface area contributed by atoms with Crippen LogP contribution in [0.4, 0.5) is 14.5 Å². The second kappa shape index (κ2) is 8.87. The van der Waals surface area contributed by atoms with Gasteiger partial charge in [0, 0.05) is 17.7 Å². The van der Waals surface area contributed by atoms with Crippen LogP contribution in [0.5, 0.6) is 5.75 Å². The van der Waals surface area contributed by atoms with Crippen molar-refractivity contribution in [2.24, 2.45) is 0 Å². The SMILES string of the molecule is COc1cccc(Cn2nc(C)c(/C=C/C(=O)Nc3ccc(F)cc3F)c2Cl)c1. The first kappa shape index (κ1) is 20.5. The molecule has 0 aliphatic rings. The van der Waals surface area contributed by atoms with E-state index >= 15 is 0 Å². The lowest BCUT2D eigenvalue weighted by Gasteiger charge is -2.06. The Balaban J connectivity index is 1.74. The van der Waals surface area contributed by atoms with Crippen LogP contribution in [0.3, 0.4) is 0 Å². The molecule has 150 valence electrons. The van der Waals surface area contributed by atoms with Gasteiger partial charge < -0.3 is 10.1 Å². The number of nitrogens with zero attached hydrogens (tertiary/aromatic N) is 2. The summed E-state index contributed by atoms with van der Waals surface area (Å²) in [6.07, 6.45) is 2.72. The Kier molecular flexibility index (Phi) is 6.29. The molecule has 0 radical (unpaired) electrons. The van der Waals surface area contributed by atoms with Crippen molar-refractivity contribution in [3.05, 3.63) is 82.1 Å². The van der Waals surface area contributed by atoms with Gasteiger partial charge in [-0.2, -0.15) is 5.10 Å². The van der Waals surface area contributed by atoms with Crippen LogP contribution in [0.1, 0.15) is 16.8 Å². The number of amides is 1. The van der Waals surface area contributed by atoms with Crippen molar-refractivity contribution >= 4 is 29.3 Å². The fourth-order valence-corrected chi connectivity index (χ4v) is 3.03. The van der Waals surface area contributed by atoms with Crippen molar-refractivity contribution in [3.63, 3.8) is 0 Å². The number of carbonyl (C=O) groups is 1. The monoisotopic (exact) mass is 417 g/mol. The van der Waals surface area contributed by atoms with Crippen LogP contribution in [0, 0.1) is 18.6 Å². The van der Waals surface area contributed by atoms with Gasteiger partial charge in [0.15, 0.2) is 0 Å². The third-order valence-corrected chi connectivity index (χ3v) is 4.56. The van der Waals surface area contributed by atoms with Crippen LogP contribution < -0.4 is 10.1 Å². The number of carbonyl (C=O) groups excluding carboxylic acids is 1. The van der Waals surface area contributed by atoms with Crippen LogP contribution in [0.25, 0.3) is 6.08 Å². The van der Waals surface area contributed by atoms with E-state index in [1.807, 2.05) is 24.3 Å². The maximum Gasteiger partial charge on any atom is 0.248 e. The number of nitrogens with one attached hydrogen (secondary N) is 1. The van der Waals surface area contributed by atoms with E-state index in [-0.39, 0.29) is 5.69 Å². The highest BCUT2D eigenvalue weighted by Gasteiger charge is 2.13. The second-order valence-corrected chi connectivity index (χ2v) is 6.60. The van der Waals surface area contributed by atoms with Crippen molar-refractivity contribution in [1.29, 1.82) is 0 Å². The highest BCUT2D eigenvalue weighted by molar-refractivity contribution is 6.31. The Morgan fingerprint density at radius 3 is 2.79 bits per heavy atom. The Bertz CT molecular complexity index is 1080. The molecule has 5 nitrogen and oxygen atoms in total. The molecule has 8 heteroatoms. The van der Waals surface area contributed by atoms with Crippen molar-refractivity contribution in [3.8, 4) is 5.75 Å². The first-order chi connectivity index (χ1) is 13.9. The van der Waals surface area contributed by atoms with E-state index in [1.54, 1.807) is 18.7 Å². The number of anilines is 1. The van der Waals surface area contributed by atoms with Crippen LogP contribution in [-0.2, 0) is 11.3 Å². The highest BCUT2D eigenvalue weighted by atomic mass is 35.5. The molecule has 0 aliphatic heterocycles. The maximum atomic E-state index is 13.6. The van der Waals surface area contributed by atoms with E-state index in [1.165, 1.54) is 12.2 Å². The molecule has 0 fully saturated rings. The molecule has 1 amide bonds. The second-order valence-electron chi connectivity index (χ2n) is 6.25. The Hall–Kier alpha value is -3.19. The Morgan fingerprint density at radius 2 is 2.07 bits per heavy atom. The molecule has 3 rings (SSSR count). The van der Waals surface area contributed by atoms with Gasteiger partial charge in [0.1, 0.15) is 22.5 Å². The predicted molar refractivity (Wildman–Crippen MR) is 108 cm³/mol. The molecule has 1 N–H and O–H groups in total. The highest BCUT2D eigenvalue weighted by Crippen LogP contribution is 2.23. The average molecular weight is 418 g/mol. The lowest BCUT2D eigenvalue weighted by atomic mass is 10.2. The zero-order chi connectivity index (χ0) is 21.0. The molecule has 0 saturated carbocycles. The summed E-state index contributed by atoms with van der Waals surface area (Å²) < 4.78 is 33.4. The van der Waals surface area contributed by atoms with E-state index in [2.05, 4.69) is 10.4 Å². The number of methoxy groups -OCH3 is 1. The van der Waals surface area contributed by atoms with Gasteiger partial charge in [-0.3, -0.25) is 4.79 Å². The summed E-state index contributed by atoms with van der Waals surface area (Å²) in [6.45, 7) is 2.20. The lowest BCUT2D eigenvalue weighted by molar-refractivity contribution is -0.111. The minimum absolute atomic E-state index is 0.113. The van der Waals surface area contributed by atoms with E-state index < -0.39 is 17.5 Å². The number of aromatic nitrogens is 2. The van der Waals surface area contributed by atoms with Crippen LogP contribution >= 0.6 is 11.6 Å². The van der Waals surface area contributed by atoms with Crippen LogP contribution in [0.2, 0.25) is 5.15 Å². The van der Waals surface area contributed by atoms with Gasteiger partial charge in [-0.25, -0.2) is 13.5 Å². The third kappa shape index (κ3) is 5.00. The Morgan fingerprint density at radius 1 is 1.28 bits per heavy atom. The summed E-state index contributed by atoms with van der Waals surface area (Å²) in [5.41, 5.74) is 2.05. The summed E-state index contributed by atoms with van der Waals surface area (Å²) in [5.74, 6) is -1.42. The van der Waals surface area contributed by atoms with Gasteiger partial charge in [0.25, 0.3) is 0 Å². The van der Waals surface area contributed by atoms with Gasteiger partial charge in [0.2, 0.25) is 5.91 Å². The van der Waals surface area contributed by atoms with Crippen molar-refractivity contribution < 1.29 is 18.3 Å². The average Bonchev–Trinajstić information content (AvgIpc) is 2.95. The van der Waals surface area contributed by atoms with Gasteiger partial charge in [-0.15, -0.1) is 0 Å². The molecule has 0 bridgehead atoms. The molecule has 29 heavy (non-hydrogen) atoms. The number of aryl methyl sites for hydroxylation is 1. The number of rotatable bonds is 6. The summed E-state index contributed by atoms with van der Waals surface area (Å²) in [5, 5.41) is 7.12.